The van der Waals surface area contributed by atoms with Gasteiger partial charge < -0.3 is 15.0 Å². The van der Waals surface area contributed by atoms with Gasteiger partial charge in [0.05, 0.1) is 13.2 Å². The summed E-state index contributed by atoms with van der Waals surface area (Å²) in [4.78, 5) is 29.1. The van der Waals surface area contributed by atoms with Crippen molar-refractivity contribution >= 4 is 23.3 Å². The molecule has 0 saturated carbocycles. The van der Waals surface area contributed by atoms with Gasteiger partial charge in [0.2, 0.25) is 5.91 Å². The van der Waals surface area contributed by atoms with Gasteiger partial charge >= 0.3 is 0 Å². The number of halogens is 1. The Morgan fingerprint density at radius 3 is 2.09 bits per heavy atom. The molecule has 0 spiro atoms. The number of piperazine rings is 1. The summed E-state index contributed by atoms with van der Waals surface area (Å²) in [5, 5.41) is 3.57. The molecule has 0 bridgehead atoms. The van der Waals surface area contributed by atoms with Crippen molar-refractivity contribution in [3.05, 3.63) is 64.7 Å². The Morgan fingerprint density at radius 2 is 1.48 bits per heavy atom. The molecule has 178 valence electrons. The zero-order valence-corrected chi connectivity index (χ0v) is 20.3. The lowest BCUT2D eigenvalue weighted by atomic mass is 10.0. The molecule has 1 N–H and O–H groups in total. The molecule has 0 radical (unpaired) electrons. The average Bonchev–Trinajstić information content (AvgIpc) is 2.80. The molecule has 1 saturated heterocycles. The molecule has 7 heteroatoms. The second kappa shape index (κ2) is 12.7. The van der Waals surface area contributed by atoms with E-state index in [0.717, 1.165) is 51.3 Å². The van der Waals surface area contributed by atoms with Crippen LogP contribution in [0.25, 0.3) is 0 Å². The Labute approximate surface area is 201 Å². The molecule has 33 heavy (non-hydrogen) atoms. The van der Waals surface area contributed by atoms with E-state index in [1.807, 2.05) is 26.0 Å². The van der Waals surface area contributed by atoms with E-state index in [2.05, 4.69) is 15.1 Å². The molecule has 0 aliphatic carbocycles. The molecular formula is C26H34ClN3O3. The number of ketones is 1. The zero-order chi connectivity index (χ0) is 23.6. The molecule has 2 aromatic carbocycles. The van der Waals surface area contributed by atoms with Crippen molar-refractivity contribution in [3.8, 4) is 5.75 Å². The number of ether oxygens (including phenoxy) is 1. The van der Waals surface area contributed by atoms with Gasteiger partial charge in [-0.2, -0.15) is 0 Å². The first-order valence-corrected chi connectivity index (χ1v) is 12.1. The van der Waals surface area contributed by atoms with Gasteiger partial charge in [0.15, 0.2) is 5.78 Å². The maximum absolute atomic E-state index is 12.5. The third-order valence-corrected chi connectivity index (χ3v) is 5.89. The second-order valence-corrected chi connectivity index (χ2v) is 9.19. The number of hydrogen-bond donors (Lipinski definition) is 1. The first-order chi connectivity index (χ1) is 15.9. The monoisotopic (exact) mass is 471 g/mol. The number of nitrogens with one attached hydrogen (secondary N) is 1. The number of carbonyl (C=O) groups excluding carboxylic acids is 2. The lowest BCUT2D eigenvalue weighted by molar-refractivity contribution is -0.123. The molecule has 2 aromatic rings. The molecule has 1 aliphatic rings. The van der Waals surface area contributed by atoms with E-state index < -0.39 is 0 Å². The van der Waals surface area contributed by atoms with Crippen LogP contribution in [-0.4, -0.2) is 73.4 Å². The standard InChI is InChI=1S/C26H34ClN3O3/c1-20(2)28-25(31)19-30-16-14-29(15-17-30)13-3-4-18-33-24-11-7-22(8-12-24)26(32)21-5-9-23(27)10-6-21/h5-12,20H,3-4,13-19H2,1-2H3,(H,28,31). The number of hydrogen-bond acceptors (Lipinski definition) is 5. The summed E-state index contributed by atoms with van der Waals surface area (Å²) in [6, 6.07) is 14.4. The van der Waals surface area contributed by atoms with E-state index in [1.54, 1.807) is 36.4 Å². The molecule has 1 fully saturated rings. The Kier molecular flexibility index (Phi) is 9.73. The van der Waals surface area contributed by atoms with Gasteiger partial charge in [-0.15, -0.1) is 0 Å². The van der Waals surface area contributed by atoms with E-state index in [0.29, 0.717) is 29.3 Å². The van der Waals surface area contributed by atoms with Gasteiger partial charge in [0.25, 0.3) is 0 Å². The molecule has 0 atom stereocenters. The van der Waals surface area contributed by atoms with Crippen LogP contribution >= 0.6 is 11.6 Å². The van der Waals surface area contributed by atoms with Crippen LogP contribution in [0.15, 0.2) is 48.5 Å². The normalized spacial score (nSPS) is 14.9. The fourth-order valence-corrected chi connectivity index (χ4v) is 3.97. The zero-order valence-electron chi connectivity index (χ0n) is 19.6. The lowest BCUT2D eigenvalue weighted by Gasteiger charge is -2.34. The van der Waals surface area contributed by atoms with Gasteiger partial charge in [-0.05, 0) is 81.8 Å². The summed E-state index contributed by atoms with van der Waals surface area (Å²) in [5.74, 6) is 0.854. The van der Waals surface area contributed by atoms with Gasteiger partial charge in [-0.25, -0.2) is 0 Å². The summed E-state index contributed by atoms with van der Waals surface area (Å²) in [6.45, 7) is 10.0. The van der Waals surface area contributed by atoms with Crippen LogP contribution in [0.1, 0.15) is 42.6 Å². The summed E-state index contributed by atoms with van der Waals surface area (Å²) in [5.41, 5.74) is 1.25. The van der Waals surface area contributed by atoms with Crippen LogP contribution in [0.5, 0.6) is 5.75 Å². The maximum Gasteiger partial charge on any atom is 0.234 e. The highest BCUT2D eigenvalue weighted by atomic mass is 35.5. The lowest BCUT2D eigenvalue weighted by Crippen LogP contribution is -2.50. The van der Waals surface area contributed by atoms with Crippen LogP contribution < -0.4 is 10.1 Å². The Balaban J connectivity index is 1.30. The largest absolute Gasteiger partial charge is 0.494 e. The van der Waals surface area contributed by atoms with Crippen molar-refractivity contribution in [1.82, 2.24) is 15.1 Å². The minimum Gasteiger partial charge on any atom is -0.494 e. The van der Waals surface area contributed by atoms with Crippen molar-refractivity contribution in [3.63, 3.8) is 0 Å². The van der Waals surface area contributed by atoms with Crippen LogP contribution in [-0.2, 0) is 4.79 Å². The first kappa shape index (κ1) is 25.2. The van der Waals surface area contributed by atoms with E-state index in [9.17, 15) is 9.59 Å². The highest BCUT2D eigenvalue weighted by molar-refractivity contribution is 6.30. The number of amides is 1. The highest BCUT2D eigenvalue weighted by Gasteiger charge is 2.18. The van der Waals surface area contributed by atoms with Crippen molar-refractivity contribution in [2.45, 2.75) is 32.7 Å². The number of rotatable bonds is 11. The molecule has 6 nitrogen and oxygen atoms in total. The average molecular weight is 472 g/mol. The number of nitrogens with zero attached hydrogens (tertiary/aromatic N) is 2. The van der Waals surface area contributed by atoms with Gasteiger partial charge in [0, 0.05) is 48.4 Å². The summed E-state index contributed by atoms with van der Waals surface area (Å²) in [6.07, 6.45) is 2.05. The van der Waals surface area contributed by atoms with Crippen LogP contribution in [0.4, 0.5) is 0 Å². The van der Waals surface area contributed by atoms with E-state index in [1.165, 1.54) is 0 Å². The van der Waals surface area contributed by atoms with Crippen LogP contribution in [0.2, 0.25) is 5.02 Å². The second-order valence-electron chi connectivity index (χ2n) is 8.76. The third kappa shape index (κ3) is 8.46. The van der Waals surface area contributed by atoms with Crippen LogP contribution in [0.3, 0.4) is 0 Å². The topological polar surface area (TPSA) is 61.9 Å². The van der Waals surface area contributed by atoms with Crippen molar-refractivity contribution in [2.24, 2.45) is 0 Å². The van der Waals surface area contributed by atoms with E-state index >= 15 is 0 Å². The van der Waals surface area contributed by atoms with Gasteiger partial charge in [0.1, 0.15) is 5.75 Å². The third-order valence-electron chi connectivity index (χ3n) is 5.64. The first-order valence-electron chi connectivity index (χ1n) is 11.7. The summed E-state index contributed by atoms with van der Waals surface area (Å²) in [7, 11) is 0. The Morgan fingerprint density at radius 1 is 0.909 bits per heavy atom. The Hall–Kier alpha value is -2.41. The molecule has 1 amide bonds. The fraction of sp³-hybridized carbons (Fsp3) is 0.462. The molecular weight excluding hydrogens is 438 g/mol. The number of carbonyl (C=O) groups is 2. The van der Waals surface area contributed by atoms with E-state index in [4.69, 9.17) is 16.3 Å². The Bertz CT molecular complexity index is 892. The van der Waals surface area contributed by atoms with Crippen molar-refractivity contribution in [2.75, 3.05) is 45.9 Å². The summed E-state index contributed by atoms with van der Waals surface area (Å²) < 4.78 is 5.84. The minimum atomic E-state index is -0.0288. The minimum absolute atomic E-state index is 0.0288. The quantitative estimate of drug-likeness (QED) is 0.398. The molecule has 1 aliphatic heterocycles. The predicted octanol–water partition coefficient (Wildman–Crippen LogP) is 3.87. The number of unbranched alkanes of at least 4 members (excludes halogenated alkanes) is 1. The SMILES string of the molecule is CC(C)NC(=O)CN1CCN(CCCCOc2ccc(C(=O)c3ccc(Cl)cc3)cc2)CC1. The van der Waals surface area contributed by atoms with Crippen LogP contribution in [0, 0.1) is 0 Å². The smallest absolute Gasteiger partial charge is 0.234 e. The van der Waals surface area contributed by atoms with Gasteiger partial charge in [-0.1, -0.05) is 11.6 Å². The summed E-state index contributed by atoms with van der Waals surface area (Å²) >= 11 is 5.89. The van der Waals surface area contributed by atoms with Gasteiger partial charge in [-0.3, -0.25) is 14.5 Å². The molecule has 0 unspecified atom stereocenters. The predicted molar refractivity (Wildman–Crippen MR) is 132 cm³/mol. The maximum atomic E-state index is 12.5. The fourth-order valence-electron chi connectivity index (χ4n) is 3.84. The number of benzene rings is 2. The molecule has 3 rings (SSSR count). The van der Waals surface area contributed by atoms with Crippen molar-refractivity contribution < 1.29 is 14.3 Å². The molecule has 1 heterocycles. The molecule has 0 aromatic heterocycles. The van der Waals surface area contributed by atoms with Crippen molar-refractivity contribution in [1.29, 1.82) is 0 Å². The highest BCUT2D eigenvalue weighted by Crippen LogP contribution is 2.17. The van der Waals surface area contributed by atoms with E-state index in [-0.39, 0.29) is 17.7 Å².